The van der Waals surface area contributed by atoms with Gasteiger partial charge in [-0.05, 0) is 12.8 Å². The summed E-state index contributed by atoms with van der Waals surface area (Å²) in [7, 11) is 0. The number of hydrogen-bond acceptors (Lipinski definition) is 2. The number of amides is 1. The second-order valence-electron chi connectivity index (χ2n) is 4.42. The molecule has 1 aliphatic rings. The molecule has 1 saturated heterocycles. The lowest BCUT2D eigenvalue weighted by molar-refractivity contribution is -0.138. The number of nitrogens with two attached hydrogens (primary N) is 1. The highest BCUT2D eigenvalue weighted by molar-refractivity contribution is 5.77. The third-order valence-electron chi connectivity index (χ3n) is 3.06. The second kappa shape index (κ2) is 4.78. The summed E-state index contributed by atoms with van der Waals surface area (Å²) in [6.07, 6.45) is 5.01. The van der Waals surface area contributed by atoms with Gasteiger partial charge in [0.2, 0.25) is 5.91 Å². The molecule has 82 valence electrons. The summed E-state index contributed by atoms with van der Waals surface area (Å²) in [6.45, 7) is 5.75. The van der Waals surface area contributed by atoms with Gasteiger partial charge in [-0.3, -0.25) is 4.79 Å². The summed E-state index contributed by atoms with van der Waals surface area (Å²) in [5.41, 5.74) is 5.91. The van der Waals surface area contributed by atoms with E-state index in [1.807, 2.05) is 4.90 Å². The van der Waals surface area contributed by atoms with Crippen molar-refractivity contribution in [3.05, 3.63) is 0 Å². The Morgan fingerprint density at radius 3 is 2.50 bits per heavy atom. The highest BCUT2D eigenvalue weighted by atomic mass is 16.2. The zero-order valence-electron chi connectivity index (χ0n) is 9.38. The number of likely N-dealkylation sites (tertiary alicyclic amines) is 1. The Labute approximate surface area is 86.6 Å². The van der Waals surface area contributed by atoms with Crippen molar-refractivity contribution in [2.45, 2.75) is 51.5 Å². The van der Waals surface area contributed by atoms with E-state index in [1.165, 1.54) is 6.42 Å². The van der Waals surface area contributed by atoms with Gasteiger partial charge in [-0.15, -0.1) is 0 Å². The minimum atomic E-state index is -0.0829. The summed E-state index contributed by atoms with van der Waals surface area (Å²) >= 11 is 0. The highest BCUT2D eigenvalue weighted by Gasteiger charge is 2.39. The topological polar surface area (TPSA) is 46.3 Å². The van der Waals surface area contributed by atoms with Crippen molar-refractivity contribution in [1.29, 1.82) is 0 Å². The summed E-state index contributed by atoms with van der Waals surface area (Å²) in [4.78, 5) is 13.5. The molecule has 14 heavy (non-hydrogen) atoms. The van der Waals surface area contributed by atoms with Crippen molar-refractivity contribution in [3.8, 4) is 0 Å². The molecule has 0 unspecified atom stereocenters. The van der Waals surface area contributed by atoms with E-state index in [0.717, 1.165) is 32.4 Å². The van der Waals surface area contributed by atoms with E-state index in [2.05, 4.69) is 13.8 Å². The van der Waals surface area contributed by atoms with Gasteiger partial charge >= 0.3 is 0 Å². The Bertz CT molecular complexity index is 197. The molecule has 1 aliphatic heterocycles. The van der Waals surface area contributed by atoms with Gasteiger partial charge in [0.1, 0.15) is 0 Å². The van der Waals surface area contributed by atoms with Crippen molar-refractivity contribution in [1.82, 2.24) is 4.90 Å². The molecular weight excluding hydrogens is 176 g/mol. The zero-order valence-corrected chi connectivity index (χ0v) is 9.38. The molecule has 0 radical (unpaired) electrons. The number of rotatable bonds is 5. The largest absolute Gasteiger partial charge is 0.339 e. The van der Waals surface area contributed by atoms with Gasteiger partial charge in [-0.2, -0.15) is 0 Å². The molecule has 0 spiro atoms. The average molecular weight is 198 g/mol. The summed E-state index contributed by atoms with van der Waals surface area (Å²) in [5.74, 6) is 0.285. The molecular formula is C11H22N2O. The van der Waals surface area contributed by atoms with Crippen molar-refractivity contribution in [2.75, 3.05) is 13.1 Å². The standard InChI is InChI=1S/C11H22N2O/c1-3-5-6-7-10(14)13-8-11(12,4-2)9-13/h3-9,12H2,1-2H3. The van der Waals surface area contributed by atoms with Gasteiger partial charge in [0.05, 0.1) is 5.54 Å². The Morgan fingerprint density at radius 2 is 2.00 bits per heavy atom. The molecule has 3 nitrogen and oxygen atoms in total. The summed E-state index contributed by atoms with van der Waals surface area (Å²) in [5, 5.41) is 0. The number of carbonyl (C=O) groups is 1. The minimum Gasteiger partial charge on any atom is -0.339 e. The second-order valence-corrected chi connectivity index (χ2v) is 4.42. The van der Waals surface area contributed by atoms with Gasteiger partial charge < -0.3 is 10.6 Å². The van der Waals surface area contributed by atoms with Gasteiger partial charge in [0.25, 0.3) is 0 Å². The van der Waals surface area contributed by atoms with Crippen molar-refractivity contribution in [3.63, 3.8) is 0 Å². The van der Waals surface area contributed by atoms with E-state index in [9.17, 15) is 4.79 Å². The molecule has 1 fully saturated rings. The maximum atomic E-state index is 11.6. The number of unbranched alkanes of at least 4 members (excludes halogenated alkanes) is 2. The third kappa shape index (κ3) is 2.71. The van der Waals surface area contributed by atoms with E-state index in [4.69, 9.17) is 5.73 Å². The summed E-state index contributed by atoms with van der Waals surface area (Å²) in [6, 6.07) is 0. The van der Waals surface area contributed by atoms with Crippen molar-refractivity contribution in [2.24, 2.45) is 5.73 Å². The number of hydrogen-bond donors (Lipinski definition) is 1. The molecule has 0 atom stereocenters. The molecule has 0 aromatic carbocycles. The first-order valence-electron chi connectivity index (χ1n) is 5.68. The minimum absolute atomic E-state index is 0.0829. The lowest BCUT2D eigenvalue weighted by atomic mass is 9.88. The first kappa shape index (κ1) is 11.5. The quantitative estimate of drug-likeness (QED) is 0.681. The first-order chi connectivity index (χ1) is 6.61. The van der Waals surface area contributed by atoms with E-state index in [1.54, 1.807) is 0 Å². The van der Waals surface area contributed by atoms with E-state index < -0.39 is 0 Å². The monoisotopic (exact) mass is 198 g/mol. The van der Waals surface area contributed by atoms with Crippen LogP contribution in [0, 0.1) is 0 Å². The molecule has 0 bridgehead atoms. The smallest absolute Gasteiger partial charge is 0.222 e. The molecule has 0 saturated carbocycles. The van der Waals surface area contributed by atoms with Gasteiger partial charge in [-0.25, -0.2) is 0 Å². The number of carbonyl (C=O) groups excluding carboxylic acids is 1. The molecule has 1 amide bonds. The first-order valence-corrected chi connectivity index (χ1v) is 5.68. The molecule has 0 aromatic heterocycles. The molecule has 0 aliphatic carbocycles. The molecule has 3 heteroatoms. The fourth-order valence-corrected chi connectivity index (χ4v) is 1.80. The van der Waals surface area contributed by atoms with Crippen LogP contribution in [-0.2, 0) is 4.79 Å². The Balaban J connectivity index is 2.16. The van der Waals surface area contributed by atoms with E-state index in [0.29, 0.717) is 6.42 Å². The van der Waals surface area contributed by atoms with Crippen LogP contribution in [0.15, 0.2) is 0 Å². The lowest BCUT2D eigenvalue weighted by Gasteiger charge is -2.47. The van der Waals surface area contributed by atoms with Crippen LogP contribution in [0.4, 0.5) is 0 Å². The average Bonchev–Trinajstić information content (AvgIpc) is 2.13. The maximum absolute atomic E-state index is 11.6. The maximum Gasteiger partial charge on any atom is 0.222 e. The van der Waals surface area contributed by atoms with Crippen LogP contribution in [0.25, 0.3) is 0 Å². The van der Waals surface area contributed by atoms with Crippen LogP contribution in [0.5, 0.6) is 0 Å². The van der Waals surface area contributed by atoms with Gasteiger partial charge in [0, 0.05) is 19.5 Å². The molecule has 0 aromatic rings. The predicted octanol–water partition coefficient (Wildman–Crippen LogP) is 1.52. The van der Waals surface area contributed by atoms with Crippen LogP contribution in [0.2, 0.25) is 0 Å². The molecule has 1 rings (SSSR count). The fraction of sp³-hybridized carbons (Fsp3) is 0.909. The summed E-state index contributed by atoms with van der Waals surface area (Å²) < 4.78 is 0. The van der Waals surface area contributed by atoms with Crippen LogP contribution in [0.3, 0.4) is 0 Å². The van der Waals surface area contributed by atoms with E-state index >= 15 is 0 Å². The van der Waals surface area contributed by atoms with E-state index in [-0.39, 0.29) is 11.4 Å². The Hall–Kier alpha value is -0.570. The van der Waals surface area contributed by atoms with Gasteiger partial charge in [-0.1, -0.05) is 26.7 Å². The van der Waals surface area contributed by atoms with Crippen molar-refractivity contribution >= 4 is 5.91 Å². The predicted molar refractivity (Wildman–Crippen MR) is 57.9 cm³/mol. The van der Waals surface area contributed by atoms with Crippen LogP contribution in [0.1, 0.15) is 46.0 Å². The van der Waals surface area contributed by atoms with Crippen molar-refractivity contribution < 1.29 is 4.79 Å². The molecule has 1 heterocycles. The SMILES string of the molecule is CCCCCC(=O)N1CC(N)(CC)C1. The highest BCUT2D eigenvalue weighted by Crippen LogP contribution is 2.22. The Kier molecular flexibility index (Phi) is 3.93. The number of nitrogens with zero attached hydrogens (tertiary/aromatic N) is 1. The zero-order chi connectivity index (χ0) is 10.6. The van der Waals surface area contributed by atoms with Crippen LogP contribution < -0.4 is 5.73 Å². The van der Waals surface area contributed by atoms with Crippen LogP contribution >= 0.6 is 0 Å². The van der Waals surface area contributed by atoms with Gasteiger partial charge in [0.15, 0.2) is 0 Å². The Morgan fingerprint density at radius 1 is 1.36 bits per heavy atom. The fourth-order valence-electron chi connectivity index (χ4n) is 1.80. The normalized spacial score (nSPS) is 19.2. The lowest BCUT2D eigenvalue weighted by Crippen LogP contribution is -2.68. The third-order valence-corrected chi connectivity index (χ3v) is 3.06. The van der Waals surface area contributed by atoms with Crippen LogP contribution in [-0.4, -0.2) is 29.4 Å². The molecule has 2 N–H and O–H groups in total.